The van der Waals surface area contributed by atoms with Gasteiger partial charge in [-0.2, -0.15) is 0 Å². The summed E-state index contributed by atoms with van der Waals surface area (Å²) in [6, 6.07) is 19.7. The lowest BCUT2D eigenvalue weighted by Crippen LogP contribution is -1.87. The van der Waals surface area contributed by atoms with Gasteiger partial charge in [-0.1, -0.05) is 55.8 Å². The third-order valence-corrected chi connectivity index (χ3v) is 3.94. The van der Waals surface area contributed by atoms with Gasteiger partial charge in [0, 0.05) is 11.1 Å². The average molecular weight is 275 g/mol. The highest BCUT2D eigenvalue weighted by molar-refractivity contribution is 5.84. The van der Waals surface area contributed by atoms with E-state index in [4.69, 9.17) is 0 Å². The minimum absolute atomic E-state index is 1.06. The van der Waals surface area contributed by atoms with Crippen LogP contribution in [-0.4, -0.2) is 4.98 Å². The summed E-state index contributed by atoms with van der Waals surface area (Å²) in [6.45, 7) is 4.27. The van der Waals surface area contributed by atoms with E-state index in [2.05, 4.69) is 66.5 Å². The number of hydrogen-bond acceptors (Lipinski definition) is 1. The molecule has 0 fully saturated rings. The Kier molecular flexibility index (Phi) is 4.01. The van der Waals surface area contributed by atoms with Gasteiger partial charge in [-0.05, 0) is 48.6 Å². The standard InChI is InChI=1S/C20H21N/c1-3-4-5-16-7-10-17(11-8-16)19-13-12-18-9-6-15(2)21-20(18)14-19/h6-14H,3-5H2,1-2H3. The predicted octanol–water partition coefficient (Wildman–Crippen LogP) is 5.55. The van der Waals surface area contributed by atoms with Gasteiger partial charge in [-0.3, -0.25) is 4.98 Å². The Morgan fingerprint density at radius 3 is 2.33 bits per heavy atom. The van der Waals surface area contributed by atoms with Crippen LogP contribution in [0.2, 0.25) is 0 Å². The number of fused-ring (bicyclic) bond motifs is 1. The monoisotopic (exact) mass is 275 g/mol. The second kappa shape index (κ2) is 6.09. The summed E-state index contributed by atoms with van der Waals surface area (Å²) in [5, 5.41) is 1.20. The Labute approximate surface area is 126 Å². The minimum Gasteiger partial charge on any atom is -0.253 e. The average Bonchev–Trinajstić information content (AvgIpc) is 2.52. The molecule has 0 aliphatic heterocycles. The van der Waals surface area contributed by atoms with Crippen molar-refractivity contribution in [3.8, 4) is 11.1 Å². The molecule has 1 nitrogen and oxygen atoms in total. The zero-order valence-corrected chi connectivity index (χ0v) is 12.8. The number of rotatable bonds is 4. The zero-order chi connectivity index (χ0) is 14.7. The lowest BCUT2D eigenvalue weighted by atomic mass is 10.0. The van der Waals surface area contributed by atoms with Crippen molar-refractivity contribution in [2.45, 2.75) is 33.1 Å². The molecule has 1 heterocycles. The molecule has 0 atom stereocenters. The summed E-state index contributed by atoms with van der Waals surface area (Å²) in [5.74, 6) is 0. The molecule has 0 unspecified atom stereocenters. The van der Waals surface area contributed by atoms with Gasteiger partial charge in [0.15, 0.2) is 0 Å². The van der Waals surface area contributed by atoms with Crippen LogP contribution >= 0.6 is 0 Å². The quantitative estimate of drug-likeness (QED) is 0.608. The fourth-order valence-corrected chi connectivity index (χ4v) is 2.64. The summed E-state index contributed by atoms with van der Waals surface area (Å²) >= 11 is 0. The van der Waals surface area contributed by atoms with Crippen LogP contribution in [0.3, 0.4) is 0 Å². The molecule has 1 heteroatoms. The van der Waals surface area contributed by atoms with E-state index in [1.165, 1.54) is 41.3 Å². The van der Waals surface area contributed by atoms with Crippen molar-refractivity contribution in [2.24, 2.45) is 0 Å². The Hall–Kier alpha value is -2.15. The van der Waals surface area contributed by atoms with E-state index in [1.807, 2.05) is 6.92 Å². The third kappa shape index (κ3) is 3.13. The van der Waals surface area contributed by atoms with Gasteiger partial charge in [-0.15, -0.1) is 0 Å². The zero-order valence-electron chi connectivity index (χ0n) is 12.8. The normalized spacial score (nSPS) is 11.0. The molecule has 3 rings (SSSR count). The van der Waals surface area contributed by atoms with Crippen LogP contribution in [0.25, 0.3) is 22.0 Å². The summed E-state index contributed by atoms with van der Waals surface area (Å²) in [7, 11) is 0. The molecule has 0 aliphatic rings. The summed E-state index contributed by atoms with van der Waals surface area (Å²) in [5.41, 5.74) is 6.07. The topological polar surface area (TPSA) is 12.9 Å². The van der Waals surface area contributed by atoms with Crippen molar-refractivity contribution in [1.82, 2.24) is 4.98 Å². The number of aromatic nitrogens is 1. The van der Waals surface area contributed by atoms with E-state index >= 15 is 0 Å². The van der Waals surface area contributed by atoms with Gasteiger partial charge in [0.2, 0.25) is 0 Å². The van der Waals surface area contributed by atoms with E-state index < -0.39 is 0 Å². The van der Waals surface area contributed by atoms with Gasteiger partial charge in [0.1, 0.15) is 0 Å². The van der Waals surface area contributed by atoms with Crippen LogP contribution in [0.4, 0.5) is 0 Å². The number of benzene rings is 2. The Bertz CT molecular complexity index is 741. The highest BCUT2D eigenvalue weighted by Crippen LogP contribution is 2.24. The van der Waals surface area contributed by atoms with E-state index in [1.54, 1.807) is 0 Å². The Balaban J connectivity index is 1.92. The predicted molar refractivity (Wildman–Crippen MR) is 90.5 cm³/mol. The van der Waals surface area contributed by atoms with E-state index in [-0.39, 0.29) is 0 Å². The molecule has 0 saturated heterocycles. The number of nitrogens with zero attached hydrogens (tertiary/aromatic N) is 1. The molecule has 2 aromatic carbocycles. The van der Waals surface area contributed by atoms with Crippen LogP contribution in [-0.2, 0) is 6.42 Å². The molecule has 0 N–H and O–H groups in total. The first-order valence-corrected chi connectivity index (χ1v) is 7.73. The molecular weight excluding hydrogens is 254 g/mol. The first kappa shape index (κ1) is 13.8. The SMILES string of the molecule is CCCCc1ccc(-c2ccc3ccc(C)nc3c2)cc1. The Morgan fingerprint density at radius 2 is 1.57 bits per heavy atom. The van der Waals surface area contributed by atoms with Crippen LogP contribution < -0.4 is 0 Å². The van der Waals surface area contributed by atoms with Crippen molar-refractivity contribution in [3.63, 3.8) is 0 Å². The number of unbranched alkanes of at least 4 members (excludes halogenated alkanes) is 1. The lowest BCUT2D eigenvalue weighted by molar-refractivity contribution is 0.795. The van der Waals surface area contributed by atoms with Crippen molar-refractivity contribution in [3.05, 3.63) is 65.9 Å². The lowest BCUT2D eigenvalue weighted by Gasteiger charge is -2.06. The Morgan fingerprint density at radius 1 is 0.857 bits per heavy atom. The third-order valence-electron chi connectivity index (χ3n) is 3.94. The molecule has 3 aromatic rings. The maximum atomic E-state index is 4.62. The molecule has 0 amide bonds. The van der Waals surface area contributed by atoms with Gasteiger partial charge in [0.25, 0.3) is 0 Å². The largest absolute Gasteiger partial charge is 0.253 e. The molecule has 21 heavy (non-hydrogen) atoms. The first-order chi connectivity index (χ1) is 10.3. The number of aryl methyl sites for hydroxylation is 2. The summed E-state index contributed by atoms with van der Waals surface area (Å²) in [4.78, 5) is 4.62. The van der Waals surface area contributed by atoms with Crippen LogP contribution in [0.15, 0.2) is 54.6 Å². The molecule has 106 valence electrons. The molecule has 0 saturated carbocycles. The molecule has 0 radical (unpaired) electrons. The molecule has 0 spiro atoms. The smallest absolute Gasteiger partial charge is 0.0711 e. The van der Waals surface area contributed by atoms with Crippen molar-refractivity contribution < 1.29 is 0 Å². The maximum Gasteiger partial charge on any atom is 0.0711 e. The van der Waals surface area contributed by atoms with Gasteiger partial charge in [0.05, 0.1) is 5.52 Å². The summed E-state index contributed by atoms with van der Waals surface area (Å²) < 4.78 is 0. The van der Waals surface area contributed by atoms with Crippen LogP contribution in [0.5, 0.6) is 0 Å². The van der Waals surface area contributed by atoms with Crippen LogP contribution in [0, 0.1) is 6.92 Å². The van der Waals surface area contributed by atoms with E-state index in [0.717, 1.165) is 11.2 Å². The minimum atomic E-state index is 1.06. The number of pyridine rings is 1. The van der Waals surface area contributed by atoms with Gasteiger partial charge < -0.3 is 0 Å². The maximum absolute atomic E-state index is 4.62. The fourth-order valence-electron chi connectivity index (χ4n) is 2.64. The van der Waals surface area contributed by atoms with E-state index in [9.17, 15) is 0 Å². The fraction of sp³-hybridized carbons (Fsp3) is 0.250. The van der Waals surface area contributed by atoms with Gasteiger partial charge >= 0.3 is 0 Å². The van der Waals surface area contributed by atoms with Crippen molar-refractivity contribution in [1.29, 1.82) is 0 Å². The first-order valence-electron chi connectivity index (χ1n) is 7.73. The summed E-state index contributed by atoms with van der Waals surface area (Å²) in [6.07, 6.45) is 3.69. The number of hydrogen-bond donors (Lipinski definition) is 0. The van der Waals surface area contributed by atoms with Crippen molar-refractivity contribution in [2.75, 3.05) is 0 Å². The van der Waals surface area contributed by atoms with Gasteiger partial charge in [-0.25, -0.2) is 0 Å². The molecule has 0 aliphatic carbocycles. The second-order valence-corrected chi connectivity index (χ2v) is 5.66. The highest BCUT2D eigenvalue weighted by Gasteiger charge is 2.02. The van der Waals surface area contributed by atoms with Crippen LogP contribution in [0.1, 0.15) is 31.0 Å². The van der Waals surface area contributed by atoms with E-state index in [0.29, 0.717) is 0 Å². The highest BCUT2D eigenvalue weighted by atomic mass is 14.7. The molecular formula is C20H21N. The molecule has 0 bridgehead atoms. The van der Waals surface area contributed by atoms with Crippen molar-refractivity contribution >= 4 is 10.9 Å². The second-order valence-electron chi connectivity index (χ2n) is 5.66. The molecule has 1 aromatic heterocycles.